The molecule has 5 N–H and O–H groups in total. The number of hydrogen-bond acceptors (Lipinski definition) is 6. The molecule has 0 saturated carbocycles. The van der Waals surface area contributed by atoms with Crippen LogP contribution in [0.2, 0.25) is 0 Å². The van der Waals surface area contributed by atoms with Gasteiger partial charge in [-0.1, -0.05) is 6.42 Å². The zero-order chi connectivity index (χ0) is 14.5. The first-order chi connectivity index (χ1) is 9.21. The highest BCUT2D eigenvalue weighted by Gasteiger charge is 2.13. The first-order valence-corrected chi connectivity index (χ1v) is 6.91. The van der Waals surface area contributed by atoms with Gasteiger partial charge >= 0.3 is 0 Å². The molecule has 1 atom stereocenters. The average molecular weight is 279 g/mol. The van der Waals surface area contributed by atoms with Crippen LogP contribution in [-0.2, 0) is 4.74 Å². The Bertz CT molecular complexity index is 186. The summed E-state index contributed by atoms with van der Waals surface area (Å²) < 4.78 is 5.43. The quantitative estimate of drug-likeness (QED) is 0.295. The van der Waals surface area contributed by atoms with Crippen molar-refractivity contribution in [3.8, 4) is 0 Å². The molecule has 0 aromatic carbocycles. The van der Waals surface area contributed by atoms with Crippen molar-refractivity contribution in [2.75, 3.05) is 46.6 Å². The Labute approximate surface area is 115 Å². The molecule has 6 nitrogen and oxygen atoms in total. The van der Waals surface area contributed by atoms with Crippen molar-refractivity contribution in [2.45, 2.75) is 25.4 Å². The fraction of sp³-hybridized carbons (Fsp3) is 1.00. The van der Waals surface area contributed by atoms with E-state index in [1.807, 2.05) is 7.05 Å². The third-order valence-corrected chi connectivity index (χ3v) is 3.21. The molecular weight excluding hydrogens is 250 g/mol. The third-order valence-electron chi connectivity index (χ3n) is 3.21. The number of rotatable bonds is 13. The molecule has 0 aliphatic rings. The summed E-state index contributed by atoms with van der Waals surface area (Å²) >= 11 is 0. The van der Waals surface area contributed by atoms with Crippen LogP contribution in [-0.4, -0.2) is 73.2 Å². The molecule has 0 heterocycles. The Hall–Kier alpha value is -0.240. The van der Waals surface area contributed by atoms with Gasteiger partial charge in [-0.05, 0) is 32.4 Å². The molecule has 0 saturated heterocycles. The lowest BCUT2D eigenvalue weighted by atomic mass is 9.97. The lowest BCUT2D eigenvalue weighted by Gasteiger charge is -2.20. The van der Waals surface area contributed by atoms with Gasteiger partial charge in [0.05, 0.1) is 19.8 Å². The van der Waals surface area contributed by atoms with Gasteiger partial charge in [0.2, 0.25) is 0 Å². The first-order valence-electron chi connectivity index (χ1n) is 6.91. The van der Waals surface area contributed by atoms with Crippen molar-refractivity contribution in [3.05, 3.63) is 0 Å². The van der Waals surface area contributed by atoms with E-state index in [1.165, 1.54) is 0 Å². The van der Waals surface area contributed by atoms with Crippen LogP contribution in [0.5, 0.6) is 0 Å². The highest BCUT2D eigenvalue weighted by atomic mass is 16.5. The smallest absolute Gasteiger partial charge is 0.104 e. The Morgan fingerprint density at radius 2 is 1.47 bits per heavy atom. The summed E-state index contributed by atoms with van der Waals surface area (Å²) in [4.78, 5) is 0. The average Bonchev–Trinajstić information content (AvgIpc) is 2.44. The Balaban J connectivity index is 3.90. The molecule has 0 aliphatic carbocycles. The van der Waals surface area contributed by atoms with E-state index in [2.05, 4.69) is 5.32 Å². The highest BCUT2D eigenvalue weighted by molar-refractivity contribution is 4.65. The summed E-state index contributed by atoms with van der Waals surface area (Å²) in [7, 11) is 1.87. The summed E-state index contributed by atoms with van der Waals surface area (Å²) in [5, 5.41) is 38.9. The van der Waals surface area contributed by atoms with Gasteiger partial charge in [0.25, 0.3) is 0 Å². The van der Waals surface area contributed by atoms with Gasteiger partial charge in [0.15, 0.2) is 0 Å². The van der Waals surface area contributed by atoms with Crippen LogP contribution in [0.4, 0.5) is 0 Å². The Morgan fingerprint density at radius 3 is 1.95 bits per heavy atom. The molecule has 1 unspecified atom stereocenters. The molecule has 0 fully saturated rings. The molecule has 116 valence electrons. The zero-order valence-electron chi connectivity index (χ0n) is 11.8. The standard InChI is InChI=1S/C13H29NO5/c1-14-5-11(10-19-13(8-17)9-18)3-2-4-12(6-15)7-16/h11-18H,2-10H2,1H3. The molecule has 19 heavy (non-hydrogen) atoms. The maximum absolute atomic E-state index is 8.98. The van der Waals surface area contributed by atoms with Gasteiger partial charge < -0.3 is 30.5 Å². The Kier molecular flexibility index (Phi) is 12.6. The van der Waals surface area contributed by atoms with Crippen molar-refractivity contribution >= 4 is 0 Å². The van der Waals surface area contributed by atoms with Crippen LogP contribution >= 0.6 is 0 Å². The zero-order valence-corrected chi connectivity index (χ0v) is 11.8. The summed E-state index contributed by atoms with van der Waals surface area (Å²) in [5.74, 6) is 0.252. The highest BCUT2D eigenvalue weighted by Crippen LogP contribution is 2.13. The van der Waals surface area contributed by atoms with Crippen LogP contribution in [0.1, 0.15) is 19.3 Å². The second-order valence-corrected chi connectivity index (χ2v) is 4.91. The molecule has 0 rings (SSSR count). The SMILES string of the molecule is CNCC(CCCC(CO)CO)COC(CO)CO. The van der Waals surface area contributed by atoms with Crippen LogP contribution < -0.4 is 5.32 Å². The summed E-state index contributed by atoms with van der Waals surface area (Å²) in [5.41, 5.74) is 0. The molecule has 0 radical (unpaired) electrons. The van der Waals surface area contributed by atoms with Crippen molar-refractivity contribution in [1.82, 2.24) is 5.32 Å². The summed E-state index contributed by atoms with van der Waals surface area (Å²) in [6.45, 7) is 0.948. The van der Waals surface area contributed by atoms with E-state index in [0.29, 0.717) is 12.5 Å². The number of ether oxygens (including phenoxy) is 1. The molecule has 0 spiro atoms. The minimum atomic E-state index is -0.512. The molecule has 0 aromatic heterocycles. The number of aliphatic hydroxyl groups excluding tert-OH is 4. The minimum Gasteiger partial charge on any atom is -0.396 e. The van der Waals surface area contributed by atoms with Gasteiger partial charge in [-0.15, -0.1) is 0 Å². The lowest BCUT2D eigenvalue weighted by Crippen LogP contribution is -2.29. The summed E-state index contributed by atoms with van der Waals surface area (Å²) in [6.07, 6.45) is 2.10. The fourth-order valence-corrected chi connectivity index (χ4v) is 1.90. The lowest BCUT2D eigenvalue weighted by molar-refractivity contribution is -0.0343. The number of nitrogens with one attached hydrogen (secondary N) is 1. The molecule has 0 amide bonds. The van der Waals surface area contributed by atoms with Crippen LogP contribution in [0.25, 0.3) is 0 Å². The molecule has 0 bridgehead atoms. The molecule has 6 heteroatoms. The van der Waals surface area contributed by atoms with Crippen molar-refractivity contribution in [1.29, 1.82) is 0 Å². The largest absolute Gasteiger partial charge is 0.396 e. The van der Waals surface area contributed by atoms with Crippen LogP contribution in [0.15, 0.2) is 0 Å². The van der Waals surface area contributed by atoms with Gasteiger partial charge in [-0.25, -0.2) is 0 Å². The van der Waals surface area contributed by atoms with E-state index in [1.54, 1.807) is 0 Å². The van der Waals surface area contributed by atoms with Crippen molar-refractivity contribution in [2.24, 2.45) is 11.8 Å². The maximum atomic E-state index is 8.98. The van der Waals surface area contributed by atoms with Crippen LogP contribution in [0, 0.1) is 11.8 Å². The minimum absolute atomic E-state index is 0.0147. The normalized spacial score (nSPS) is 13.4. The van der Waals surface area contributed by atoms with Gasteiger partial charge in [0, 0.05) is 19.1 Å². The van der Waals surface area contributed by atoms with Crippen molar-refractivity contribution < 1.29 is 25.2 Å². The fourth-order valence-electron chi connectivity index (χ4n) is 1.90. The van der Waals surface area contributed by atoms with Gasteiger partial charge in [-0.3, -0.25) is 0 Å². The van der Waals surface area contributed by atoms with E-state index in [9.17, 15) is 0 Å². The number of aliphatic hydroxyl groups is 4. The van der Waals surface area contributed by atoms with Gasteiger partial charge in [0.1, 0.15) is 6.10 Å². The number of hydrogen-bond donors (Lipinski definition) is 5. The van der Waals surface area contributed by atoms with E-state index >= 15 is 0 Å². The van der Waals surface area contributed by atoms with Crippen molar-refractivity contribution in [3.63, 3.8) is 0 Å². The second-order valence-electron chi connectivity index (χ2n) is 4.91. The molecule has 0 aliphatic heterocycles. The molecule has 0 aromatic rings. The predicted molar refractivity (Wildman–Crippen MR) is 72.8 cm³/mol. The van der Waals surface area contributed by atoms with E-state index < -0.39 is 6.10 Å². The second kappa shape index (κ2) is 12.8. The monoisotopic (exact) mass is 279 g/mol. The van der Waals surface area contributed by atoms with E-state index in [4.69, 9.17) is 25.2 Å². The topological polar surface area (TPSA) is 102 Å². The van der Waals surface area contributed by atoms with E-state index in [0.717, 1.165) is 25.8 Å². The van der Waals surface area contributed by atoms with Gasteiger partial charge in [-0.2, -0.15) is 0 Å². The third kappa shape index (κ3) is 9.32. The first kappa shape index (κ1) is 18.8. The van der Waals surface area contributed by atoms with E-state index in [-0.39, 0.29) is 32.3 Å². The predicted octanol–water partition coefficient (Wildman–Crippen LogP) is -1.04. The summed E-state index contributed by atoms with van der Waals surface area (Å²) in [6, 6.07) is 0. The van der Waals surface area contributed by atoms with Crippen LogP contribution in [0.3, 0.4) is 0 Å². The molecular formula is C13H29NO5. The maximum Gasteiger partial charge on any atom is 0.104 e. The Morgan fingerprint density at radius 1 is 0.895 bits per heavy atom.